The average Bonchev–Trinajstić information content (AvgIpc) is 2.74. The maximum absolute atomic E-state index is 10.2. The highest BCUT2D eigenvalue weighted by Gasteiger charge is 2.24. The first kappa shape index (κ1) is 14.0. The molecule has 2 heterocycles. The van der Waals surface area contributed by atoms with E-state index in [-0.39, 0.29) is 5.92 Å². The van der Waals surface area contributed by atoms with E-state index in [1.54, 1.807) is 0 Å². The van der Waals surface area contributed by atoms with Crippen LogP contribution in [0.2, 0.25) is 0 Å². The summed E-state index contributed by atoms with van der Waals surface area (Å²) in [7, 11) is 0. The van der Waals surface area contributed by atoms with Gasteiger partial charge in [-0.1, -0.05) is 19.9 Å². The lowest BCUT2D eigenvalue weighted by atomic mass is 9.92. The molecule has 0 aromatic carbocycles. The van der Waals surface area contributed by atoms with Crippen LogP contribution in [0.5, 0.6) is 0 Å². The summed E-state index contributed by atoms with van der Waals surface area (Å²) in [4.78, 5) is 4.43. The zero-order valence-electron chi connectivity index (χ0n) is 12.1. The SMILES string of the molecule is Cc1cccn2c(CNCC(C)(O)C(C)C)cnc12. The molecule has 1 atom stereocenters. The van der Waals surface area contributed by atoms with Crippen molar-refractivity contribution in [2.45, 2.75) is 39.8 Å². The van der Waals surface area contributed by atoms with Gasteiger partial charge in [0, 0.05) is 19.3 Å². The number of hydrogen-bond donors (Lipinski definition) is 2. The van der Waals surface area contributed by atoms with Crippen molar-refractivity contribution in [3.8, 4) is 0 Å². The van der Waals surface area contributed by atoms with E-state index in [0.29, 0.717) is 13.1 Å². The third-order valence-corrected chi connectivity index (χ3v) is 3.84. The lowest BCUT2D eigenvalue weighted by molar-refractivity contribution is 0.0139. The molecule has 0 fully saturated rings. The minimum atomic E-state index is -0.684. The van der Waals surface area contributed by atoms with Gasteiger partial charge in [-0.15, -0.1) is 0 Å². The number of hydrogen-bond acceptors (Lipinski definition) is 3. The van der Waals surface area contributed by atoms with Crippen LogP contribution in [0.25, 0.3) is 5.65 Å². The molecule has 0 spiro atoms. The van der Waals surface area contributed by atoms with Crippen LogP contribution in [0.4, 0.5) is 0 Å². The molecule has 104 valence electrons. The molecule has 0 aliphatic carbocycles. The summed E-state index contributed by atoms with van der Waals surface area (Å²) in [5, 5.41) is 13.5. The van der Waals surface area contributed by atoms with Crippen molar-refractivity contribution < 1.29 is 5.11 Å². The molecule has 2 N–H and O–H groups in total. The monoisotopic (exact) mass is 261 g/mol. The number of pyridine rings is 1. The summed E-state index contributed by atoms with van der Waals surface area (Å²) in [5.74, 6) is 0.226. The highest BCUT2D eigenvalue weighted by Crippen LogP contribution is 2.15. The highest BCUT2D eigenvalue weighted by atomic mass is 16.3. The molecule has 0 radical (unpaired) electrons. The summed E-state index contributed by atoms with van der Waals surface area (Å²) in [6.07, 6.45) is 3.91. The number of fused-ring (bicyclic) bond motifs is 1. The van der Waals surface area contributed by atoms with Crippen molar-refractivity contribution in [1.29, 1.82) is 0 Å². The molecule has 4 heteroatoms. The van der Waals surface area contributed by atoms with Gasteiger partial charge in [0.2, 0.25) is 0 Å². The van der Waals surface area contributed by atoms with Gasteiger partial charge >= 0.3 is 0 Å². The van der Waals surface area contributed by atoms with Crippen LogP contribution in [0.1, 0.15) is 32.0 Å². The molecule has 2 aromatic heterocycles. The van der Waals surface area contributed by atoms with E-state index in [9.17, 15) is 5.11 Å². The van der Waals surface area contributed by atoms with Gasteiger partial charge in [0.1, 0.15) is 5.65 Å². The zero-order valence-corrected chi connectivity index (χ0v) is 12.1. The van der Waals surface area contributed by atoms with Crippen LogP contribution in [0, 0.1) is 12.8 Å². The Bertz CT molecular complexity index is 558. The predicted molar refractivity (Wildman–Crippen MR) is 77.1 cm³/mol. The summed E-state index contributed by atoms with van der Waals surface area (Å²) >= 11 is 0. The maximum Gasteiger partial charge on any atom is 0.139 e. The van der Waals surface area contributed by atoms with Gasteiger partial charge < -0.3 is 14.8 Å². The van der Waals surface area contributed by atoms with Gasteiger partial charge in [-0.25, -0.2) is 4.98 Å². The Balaban J connectivity index is 2.05. The van der Waals surface area contributed by atoms with Crippen molar-refractivity contribution >= 4 is 5.65 Å². The van der Waals surface area contributed by atoms with Crippen LogP contribution in [0.15, 0.2) is 24.5 Å². The molecule has 0 aliphatic heterocycles. The smallest absolute Gasteiger partial charge is 0.139 e. The summed E-state index contributed by atoms with van der Waals surface area (Å²) in [6.45, 7) is 9.25. The first-order chi connectivity index (χ1) is 8.92. The van der Waals surface area contributed by atoms with Gasteiger partial charge in [-0.05, 0) is 31.4 Å². The molecule has 1 unspecified atom stereocenters. The number of aryl methyl sites for hydroxylation is 1. The second kappa shape index (κ2) is 5.31. The number of nitrogens with one attached hydrogen (secondary N) is 1. The lowest BCUT2D eigenvalue weighted by Crippen LogP contribution is -2.42. The topological polar surface area (TPSA) is 49.6 Å². The van der Waals surface area contributed by atoms with Crippen LogP contribution in [-0.4, -0.2) is 26.6 Å². The molecule has 4 nitrogen and oxygen atoms in total. The fourth-order valence-electron chi connectivity index (χ4n) is 1.98. The number of nitrogens with zero attached hydrogens (tertiary/aromatic N) is 2. The third kappa shape index (κ3) is 2.96. The minimum Gasteiger partial charge on any atom is -0.389 e. The van der Waals surface area contributed by atoms with Crippen molar-refractivity contribution in [2.24, 2.45) is 5.92 Å². The van der Waals surface area contributed by atoms with Crippen molar-refractivity contribution in [1.82, 2.24) is 14.7 Å². The fraction of sp³-hybridized carbons (Fsp3) is 0.533. The van der Waals surface area contributed by atoms with E-state index >= 15 is 0 Å². The number of imidazole rings is 1. The van der Waals surface area contributed by atoms with E-state index in [0.717, 1.165) is 11.3 Å². The van der Waals surface area contributed by atoms with E-state index in [2.05, 4.69) is 27.7 Å². The second-order valence-electron chi connectivity index (χ2n) is 5.75. The standard InChI is InChI=1S/C15H23N3O/c1-11(2)15(4,19)10-16-8-13-9-17-14-12(3)6-5-7-18(13)14/h5-7,9,11,16,19H,8,10H2,1-4H3. The molecule has 0 aliphatic rings. The molecule has 2 rings (SSSR count). The van der Waals surface area contributed by atoms with E-state index in [1.807, 2.05) is 39.2 Å². The normalized spacial score (nSPS) is 15.1. The molecule has 0 amide bonds. The van der Waals surface area contributed by atoms with E-state index in [4.69, 9.17) is 0 Å². The van der Waals surface area contributed by atoms with Crippen LogP contribution >= 0.6 is 0 Å². The largest absolute Gasteiger partial charge is 0.389 e. The predicted octanol–water partition coefficient (Wildman–Crippen LogP) is 2.14. The van der Waals surface area contributed by atoms with Gasteiger partial charge in [0.05, 0.1) is 17.5 Å². The van der Waals surface area contributed by atoms with Gasteiger partial charge in [0.15, 0.2) is 0 Å². The molecular weight excluding hydrogens is 238 g/mol. The van der Waals surface area contributed by atoms with E-state index in [1.165, 1.54) is 5.56 Å². The summed E-state index contributed by atoms with van der Waals surface area (Å²) in [5.41, 5.74) is 2.59. The number of aliphatic hydroxyl groups is 1. The van der Waals surface area contributed by atoms with E-state index < -0.39 is 5.60 Å². The van der Waals surface area contributed by atoms with Crippen LogP contribution in [-0.2, 0) is 6.54 Å². The Hall–Kier alpha value is -1.39. The first-order valence-electron chi connectivity index (χ1n) is 6.76. The Morgan fingerprint density at radius 1 is 1.47 bits per heavy atom. The number of aromatic nitrogens is 2. The summed E-state index contributed by atoms with van der Waals surface area (Å²) < 4.78 is 2.09. The van der Waals surface area contributed by atoms with Crippen LogP contribution < -0.4 is 5.32 Å². The first-order valence-corrected chi connectivity index (χ1v) is 6.76. The minimum absolute atomic E-state index is 0.226. The lowest BCUT2D eigenvalue weighted by Gasteiger charge is -2.27. The third-order valence-electron chi connectivity index (χ3n) is 3.84. The Labute approximate surface area is 114 Å². The van der Waals surface area contributed by atoms with Gasteiger partial charge in [0.25, 0.3) is 0 Å². The highest BCUT2D eigenvalue weighted by molar-refractivity contribution is 5.48. The van der Waals surface area contributed by atoms with Crippen molar-refractivity contribution in [3.63, 3.8) is 0 Å². The van der Waals surface area contributed by atoms with Gasteiger partial charge in [-0.2, -0.15) is 0 Å². The second-order valence-corrected chi connectivity index (χ2v) is 5.75. The Morgan fingerprint density at radius 2 is 2.21 bits per heavy atom. The zero-order chi connectivity index (χ0) is 14.0. The molecule has 0 saturated carbocycles. The molecular formula is C15H23N3O. The Morgan fingerprint density at radius 3 is 2.89 bits per heavy atom. The van der Waals surface area contributed by atoms with Crippen molar-refractivity contribution in [2.75, 3.05) is 6.54 Å². The quantitative estimate of drug-likeness (QED) is 0.867. The average molecular weight is 261 g/mol. The van der Waals surface area contributed by atoms with Crippen molar-refractivity contribution in [3.05, 3.63) is 35.8 Å². The maximum atomic E-state index is 10.2. The fourth-order valence-corrected chi connectivity index (χ4v) is 1.98. The molecule has 2 aromatic rings. The molecule has 0 bridgehead atoms. The Kier molecular flexibility index (Phi) is 3.92. The number of rotatable bonds is 5. The molecule has 19 heavy (non-hydrogen) atoms. The summed E-state index contributed by atoms with van der Waals surface area (Å²) in [6, 6.07) is 4.08. The molecule has 0 saturated heterocycles. The van der Waals surface area contributed by atoms with Gasteiger partial charge in [-0.3, -0.25) is 0 Å². The van der Waals surface area contributed by atoms with Crippen LogP contribution in [0.3, 0.4) is 0 Å².